The van der Waals surface area contributed by atoms with Gasteiger partial charge in [-0.15, -0.1) is 0 Å². The lowest BCUT2D eigenvalue weighted by Gasteiger charge is -2.11. The predicted octanol–water partition coefficient (Wildman–Crippen LogP) is 4.42. The van der Waals surface area contributed by atoms with Crippen molar-refractivity contribution in [2.75, 3.05) is 11.9 Å². The summed E-state index contributed by atoms with van der Waals surface area (Å²) in [5.74, 6) is 0.370. The molecular formula is C18H17ClN2O2S. The van der Waals surface area contributed by atoms with Gasteiger partial charge >= 0.3 is 0 Å². The van der Waals surface area contributed by atoms with Gasteiger partial charge in [0.2, 0.25) is 0 Å². The van der Waals surface area contributed by atoms with Gasteiger partial charge in [-0.1, -0.05) is 30.3 Å². The SMILES string of the molecule is C=C(C)COc1ccc(NC(=S)NC(=O)c2ccccc2Cl)cc1. The van der Waals surface area contributed by atoms with Crippen LogP contribution in [0.1, 0.15) is 17.3 Å². The number of hydrogen-bond acceptors (Lipinski definition) is 3. The molecule has 24 heavy (non-hydrogen) atoms. The number of rotatable bonds is 5. The molecule has 2 rings (SSSR count). The summed E-state index contributed by atoms with van der Waals surface area (Å²) in [6.45, 7) is 6.15. The summed E-state index contributed by atoms with van der Waals surface area (Å²) in [6, 6.07) is 14.0. The van der Waals surface area contributed by atoms with Gasteiger partial charge in [-0.25, -0.2) is 0 Å². The average Bonchev–Trinajstić information content (AvgIpc) is 2.54. The van der Waals surface area contributed by atoms with Crippen LogP contribution in [0.4, 0.5) is 5.69 Å². The van der Waals surface area contributed by atoms with E-state index in [1.165, 1.54) is 0 Å². The van der Waals surface area contributed by atoms with E-state index in [0.29, 0.717) is 17.2 Å². The number of thiocarbonyl (C=S) groups is 1. The molecule has 0 heterocycles. The normalized spacial score (nSPS) is 9.92. The van der Waals surface area contributed by atoms with Gasteiger partial charge in [0.15, 0.2) is 5.11 Å². The highest BCUT2D eigenvalue weighted by Gasteiger charge is 2.11. The molecule has 0 unspecified atom stereocenters. The predicted molar refractivity (Wildman–Crippen MR) is 102 cm³/mol. The van der Waals surface area contributed by atoms with E-state index in [4.69, 9.17) is 28.6 Å². The van der Waals surface area contributed by atoms with E-state index in [9.17, 15) is 4.79 Å². The third-order valence-corrected chi connectivity index (χ3v) is 3.48. The second-order valence-corrected chi connectivity index (χ2v) is 5.97. The van der Waals surface area contributed by atoms with Crippen molar-refractivity contribution < 1.29 is 9.53 Å². The van der Waals surface area contributed by atoms with Gasteiger partial charge in [-0.3, -0.25) is 10.1 Å². The first-order chi connectivity index (χ1) is 11.5. The fourth-order valence-electron chi connectivity index (χ4n) is 1.82. The lowest BCUT2D eigenvalue weighted by molar-refractivity contribution is 0.0978. The summed E-state index contributed by atoms with van der Waals surface area (Å²) in [5.41, 5.74) is 2.05. The van der Waals surface area contributed by atoms with Crippen molar-refractivity contribution in [2.24, 2.45) is 0 Å². The number of amides is 1. The third kappa shape index (κ3) is 5.37. The lowest BCUT2D eigenvalue weighted by atomic mass is 10.2. The van der Waals surface area contributed by atoms with E-state index in [1.54, 1.807) is 24.3 Å². The highest BCUT2D eigenvalue weighted by atomic mass is 35.5. The monoisotopic (exact) mass is 360 g/mol. The number of carbonyl (C=O) groups excluding carboxylic acids is 1. The van der Waals surface area contributed by atoms with E-state index in [2.05, 4.69) is 17.2 Å². The number of anilines is 1. The maximum atomic E-state index is 12.1. The fraction of sp³-hybridized carbons (Fsp3) is 0.111. The standard InChI is InChI=1S/C18H17ClN2O2S/c1-12(2)11-23-14-9-7-13(8-10-14)20-18(24)21-17(22)15-5-3-4-6-16(15)19/h3-10H,1,11H2,2H3,(H2,20,21,22,24). The molecule has 2 aromatic carbocycles. The Labute approximate surface area is 151 Å². The van der Waals surface area contributed by atoms with Gasteiger partial charge in [0.1, 0.15) is 12.4 Å². The summed E-state index contributed by atoms with van der Waals surface area (Å²) in [6.07, 6.45) is 0. The van der Waals surface area contributed by atoms with Crippen LogP contribution in [-0.2, 0) is 0 Å². The largest absolute Gasteiger partial charge is 0.489 e. The average molecular weight is 361 g/mol. The second-order valence-electron chi connectivity index (χ2n) is 5.16. The number of benzene rings is 2. The lowest BCUT2D eigenvalue weighted by Crippen LogP contribution is -2.34. The minimum absolute atomic E-state index is 0.190. The molecule has 0 fully saturated rings. The minimum Gasteiger partial charge on any atom is -0.489 e. The Balaban J connectivity index is 1.91. The second kappa shape index (κ2) is 8.47. The molecule has 0 spiro atoms. The third-order valence-electron chi connectivity index (χ3n) is 2.94. The molecule has 0 aliphatic heterocycles. The van der Waals surface area contributed by atoms with Crippen molar-refractivity contribution in [1.29, 1.82) is 0 Å². The van der Waals surface area contributed by atoms with Crippen LogP contribution in [-0.4, -0.2) is 17.6 Å². The molecule has 2 N–H and O–H groups in total. The van der Waals surface area contributed by atoms with Crippen LogP contribution in [0.15, 0.2) is 60.7 Å². The van der Waals surface area contributed by atoms with Crippen LogP contribution >= 0.6 is 23.8 Å². The van der Waals surface area contributed by atoms with E-state index in [-0.39, 0.29) is 11.0 Å². The number of carbonyl (C=O) groups is 1. The molecule has 0 saturated heterocycles. The molecule has 124 valence electrons. The Morgan fingerprint density at radius 3 is 2.50 bits per heavy atom. The van der Waals surface area contributed by atoms with Crippen molar-refractivity contribution in [3.63, 3.8) is 0 Å². The molecule has 0 atom stereocenters. The topological polar surface area (TPSA) is 50.4 Å². The number of nitrogens with one attached hydrogen (secondary N) is 2. The van der Waals surface area contributed by atoms with Crippen LogP contribution in [0, 0.1) is 0 Å². The first-order valence-corrected chi connectivity index (χ1v) is 7.98. The zero-order valence-corrected chi connectivity index (χ0v) is 14.7. The van der Waals surface area contributed by atoms with Crippen LogP contribution < -0.4 is 15.4 Å². The van der Waals surface area contributed by atoms with Crippen LogP contribution in [0.25, 0.3) is 0 Å². The van der Waals surface area contributed by atoms with Gasteiger partial charge in [0.25, 0.3) is 5.91 Å². The number of halogens is 1. The Kier molecular flexibility index (Phi) is 6.35. The summed E-state index contributed by atoms with van der Waals surface area (Å²) < 4.78 is 5.52. The molecule has 4 nitrogen and oxygen atoms in total. The van der Waals surface area contributed by atoms with Crippen molar-refractivity contribution in [3.05, 3.63) is 71.3 Å². The summed E-state index contributed by atoms with van der Waals surface area (Å²) in [5, 5.41) is 6.09. The van der Waals surface area contributed by atoms with Gasteiger partial charge in [-0.05, 0) is 61.1 Å². The Hall–Kier alpha value is -2.37. The Bertz CT molecular complexity index is 760. The summed E-state index contributed by atoms with van der Waals surface area (Å²) in [7, 11) is 0. The van der Waals surface area contributed by atoms with E-state index in [0.717, 1.165) is 17.0 Å². The molecule has 6 heteroatoms. The molecule has 0 aliphatic carbocycles. The Morgan fingerprint density at radius 2 is 1.88 bits per heavy atom. The minimum atomic E-state index is -0.362. The maximum Gasteiger partial charge on any atom is 0.258 e. The molecule has 0 bridgehead atoms. The number of hydrogen-bond donors (Lipinski definition) is 2. The zero-order chi connectivity index (χ0) is 17.5. The van der Waals surface area contributed by atoms with Crippen molar-refractivity contribution in [2.45, 2.75) is 6.92 Å². The van der Waals surface area contributed by atoms with Crippen molar-refractivity contribution >= 4 is 40.5 Å². The molecule has 0 saturated carbocycles. The number of ether oxygens (including phenoxy) is 1. The molecule has 0 radical (unpaired) electrons. The van der Waals surface area contributed by atoms with Crippen molar-refractivity contribution in [3.8, 4) is 5.75 Å². The molecule has 2 aromatic rings. The summed E-state index contributed by atoms with van der Waals surface area (Å²) in [4.78, 5) is 12.1. The summed E-state index contributed by atoms with van der Waals surface area (Å²) >= 11 is 11.1. The molecule has 1 amide bonds. The fourth-order valence-corrected chi connectivity index (χ4v) is 2.25. The van der Waals surface area contributed by atoms with E-state index < -0.39 is 0 Å². The molecule has 0 aromatic heterocycles. The highest BCUT2D eigenvalue weighted by molar-refractivity contribution is 7.80. The van der Waals surface area contributed by atoms with Gasteiger partial charge < -0.3 is 10.1 Å². The maximum absolute atomic E-state index is 12.1. The quantitative estimate of drug-likeness (QED) is 0.612. The van der Waals surface area contributed by atoms with Crippen molar-refractivity contribution in [1.82, 2.24) is 5.32 Å². The van der Waals surface area contributed by atoms with Crippen LogP contribution in [0.3, 0.4) is 0 Å². The van der Waals surface area contributed by atoms with Gasteiger partial charge in [-0.2, -0.15) is 0 Å². The van der Waals surface area contributed by atoms with Crippen LogP contribution in [0.5, 0.6) is 5.75 Å². The Morgan fingerprint density at radius 1 is 1.21 bits per heavy atom. The smallest absolute Gasteiger partial charge is 0.258 e. The van der Waals surface area contributed by atoms with Gasteiger partial charge in [0.05, 0.1) is 10.6 Å². The van der Waals surface area contributed by atoms with E-state index >= 15 is 0 Å². The highest BCUT2D eigenvalue weighted by Crippen LogP contribution is 2.17. The zero-order valence-electron chi connectivity index (χ0n) is 13.1. The van der Waals surface area contributed by atoms with Gasteiger partial charge in [0, 0.05) is 5.69 Å². The first kappa shape index (κ1) is 18.0. The van der Waals surface area contributed by atoms with E-state index in [1.807, 2.05) is 31.2 Å². The molecular weight excluding hydrogens is 344 g/mol. The molecule has 0 aliphatic rings. The first-order valence-electron chi connectivity index (χ1n) is 7.20. The van der Waals surface area contributed by atoms with Crippen LogP contribution in [0.2, 0.25) is 5.02 Å².